The van der Waals surface area contributed by atoms with Crippen molar-refractivity contribution in [2.45, 2.75) is 12.8 Å². The Morgan fingerprint density at radius 3 is 2.61 bits per heavy atom. The molecule has 1 aromatic carbocycles. The monoisotopic (exact) mass is 252 g/mol. The highest BCUT2D eigenvalue weighted by atomic mass is 16.5. The van der Waals surface area contributed by atoms with Gasteiger partial charge in [-0.05, 0) is 30.7 Å². The SMILES string of the molecule is COCCCOCCC(=O)Nc1ccc(N)cc1. The molecule has 0 saturated heterocycles. The van der Waals surface area contributed by atoms with E-state index >= 15 is 0 Å². The number of nitrogens with two attached hydrogens (primary N) is 1. The fraction of sp³-hybridized carbons (Fsp3) is 0.462. The van der Waals surface area contributed by atoms with Crippen LogP contribution in [0.2, 0.25) is 0 Å². The Hall–Kier alpha value is -1.59. The van der Waals surface area contributed by atoms with Crippen LogP contribution in [0.4, 0.5) is 11.4 Å². The van der Waals surface area contributed by atoms with Gasteiger partial charge in [-0.25, -0.2) is 0 Å². The predicted molar refractivity (Wildman–Crippen MR) is 71.4 cm³/mol. The van der Waals surface area contributed by atoms with Crippen molar-refractivity contribution in [2.24, 2.45) is 0 Å². The zero-order valence-corrected chi connectivity index (χ0v) is 10.6. The lowest BCUT2D eigenvalue weighted by atomic mass is 10.3. The molecule has 1 rings (SSSR count). The molecule has 0 heterocycles. The topological polar surface area (TPSA) is 73.6 Å². The summed E-state index contributed by atoms with van der Waals surface area (Å²) >= 11 is 0. The minimum atomic E-state index is -0.0634. The first kappa shape index (κ1) is 14.5. The highest BCUT2D eigenvalue weighted by Crippen LogP contribution is 2.10. The van der Waals surface area contributed by atoms with Crippen LogP contribution in [-0.2, 0) is 14.3 Å². The van der Waals surface area contributed by atoms with Gasteiger partial charge in [0.2, 0.25) is 5.91 Å². The van der Waals surface area contributed by atoms with Crippen LogP contribution < -0.4 is 11.1 Å². The van der Waals surface area contributed by atoms with Crippen LogP contribution in [0.5, 0.6) is 0 Å². The molecule has 3 N–H and O–H groups in total. The Morgan fingerprint density at radius 2 is 1.94 bits per heavy atom. The van der Waals surface area contributed by atoms with E-state index in [0.29, 0.717) is 31.9 Å². The first-order chi connectivity index (χ1) is 8.72. The van der Waals surface area contributed by atoms with Crippen molar-refractivity contribution < 1.29 is 14.3 Å². The van der Waals surface area contributed by atoms with Crippen molar-refractivity contribution >= 4 is 17.3 Å². The lowest BCUT2D eigenvalue weighted by Gasteiger charge is -2.06. The second kappa shape index (κ2) is 8.49. The molecule has 0 spiro atoms. The molecule has 18 heavy (non-hydrogen) atoms. The maximum atomic E-state index is 11.5. The molecule has 0 unspecified atom stereocenters. The third-order valence-corrected chi connectivity index (χ3v) is 2.31. The van der Waals surface area contributed by atoms with Gasteiger partial charge in [-0.3, -0.25) is 4.79 Å². The number of rotatable bonds is 8. The smallest absolute Gasteiger partial charge is 0.226 e. The molecule has 0 aliphatic heterocycles. The summed E-state index contributed by atoms with van der Waals surface area (Å²) in [4.78, 5) is 11.5. The molecule has 0 bridgehead atoms. The van der Waals surface area contributed by atoms with Crippen LogP contribution in [0.1, 0.15) is 12.8 Å². The van der Waals surface area contributed by atoms with E-state index in [-0.39, 0.29) is 5.91 Å². The number of carbonyl (C=O) groups is 1. The third-order valence-electron chi connectivity index (χ3n) is 2.31. The summed E-state index contributed by atoms with van der Waals surface area (Å²) in [6, 6.07) is 7.03. The van der Waals surface area contributed by atoms with Gasteiger partial charge in [0.05, 0.1) is 13.0 Å². The summed E-state index contributed by atoms with van der Waals surface area (Å²) in [6.07, 6.45) is 1.19. The Balaban J connectivity index is 2.12. The first-order valence-corrected chi connectivity index (χ1v) is 5.94. The average molecular weight is 252 g/mol. The molecule has 5 heteroatoms. The Morgan fingerprint density at radius 1 is 1.22 bits per heavy atom. The molecule has 100 valence electrons. The molecule has 0 radical (unpaired) electrons. The molecule has 0 fully saturated rings. The average Bonchev–Trinajstić information content (AvgIpc) is 2.36. The number of hydrogen-bond donors (Lipinski definition) is 2. The molecule has 0 saturated carbocycles. The molecule has 1 amide bonds. The van der Waals surface area contributed by atoms with E-state index in [9.17, 15) is 4.79 Å². The van der Waals surface area contributed by atoms with E-state index in [1.165, 1.54) is 0 Å². The van der Waals surface area contributed by atoms with Crippen LogP contribution >= 0.6 is 0 Å². The van der Waals surface area contributed by atoms with E-state index in [0.717, 1.165) is 12.1 Å². The van der Waals surface area contributed by atoms with Gasteiger partial charge in [-0.1, -0.05) is 0 Å². The van der Waals surface area contributed by atoms with E-state index in [4.69, 9.17) is 15.2 Å². The minimum Gasteiger partial charge on any atom is -0.399 e. The molecule has 0 aromatic heterocycles. The van der Waals surface area contributed by atoms with Crippen LogP contribution in [0.3, 0.4) is 0 Å². The second-order valence-electron chi connectivity index (χ2n) is 3.88. The molecule has 0 aliphatic carbocycles. The molecule has 0 atom stereocenters. The van der Waals surface area contributed by atoms with E-state index in [2.05, 4.69) is 5.32 Å². The predicted octanol–water partition coefficient (Wildman–Crippen LogP) is 1.65. The maximum Gasteiger partial charge on any atom is 0.226 e. The van der Waals surface area contributed by atoms with Gasteiger partial charge in [-0.2, -0.15) is 0 Å². The number of methoxy groups -OCH3 is 1. The van der Waals surface area contributed by atoms with Crippen molar-refractivity contribution in [3.05, 3.63) is 24.3 Å². The van der Waals surface area contributed by atoms with E-state index in [1.54, 1.807) is 31.4 Å². The van der Waals surface area contributed by atoms with Crippen molar-refractivity contribution in [3.8, 4) is 0 Å². The summed E-state index contributed by atoms with van der Waals surface area (Å²) in [6.45, 7) is 1.71. The van der Waals surface area contributed by atoms with Crippen LogP contribution in [0.25, 0.3) is 0 Å². The zero-order chi connectivity index (χ0) is 13.2. The van der Waals surface area contributed by atoms with Crippen molar-refractivity contribution in [1.82, 2.24) is 0 Å². The Bertz CT molecular complexity index is 352. The highest BCUT2D eigenvalue weighted by Gasteiger charge is 2.02. The summed E-state index contributed by atoms with van der Waals surface area (Å²) in [7, 11) is 1.65. The lowest BCUT2D eigenvalue weighted by molar-refractivity contribution is -0.117. The quantitative estimate of drug-likeness (QED) is 0.545. The minimum absolute atomic E-state index is 0.0634. The van der Waals surface area contributed by atoms with Gasteiger partial charge in [0.25, 0.3) is 0 Å². The summed E-state index contributed by atoms with van der Waals surface area (Å²) in [5.41, 5.74) is 6.97. The molecule has 5 nitrogen and oxygen atoms in total. The fourth-order valence-electron chi connectivity index (χ4n) is 1.36. The molecular formula is C13H20N2O3. The van der Waals surface area contributed by atoms with E-state index in [1.807, 2.05) is 0 Å². The van der Waals surface area contributed by atoms with Crippen molar-refractivity contribution in [1.29, 1.82) is 0 Å². The number of ether oxygens (including phenoxy) is 2. The highest BCUT2D eigenvalue weighted by molar-refractivity contribution is 5.90. The number of amides is 1. The fourth-order valence-corrected chi connectivity index (χ4v) is 1.36. The van der Waals surface area contributed by atoms with Gasteiger partial charge in [0.15, 0.2) is 0 Å². The maximum absolute atomic E-state index is 11.5. The number of anilines is 2. The number of nitrogens with one attached hydrogen (secondary N) is 1. The lowest BCUT2D eigenvalue weighted by Crippen LogP contribution is -2.14. The largest absolute Gasteiger partial charge is 0.399 e. The number of benzene rings is 1. The number of nitrogen functional groups attached to an aromatic ring is 1. The van der Waals surface area contributed by atoms with Gasteiger partial charge >= 0.3 is 0 Å². The van der Waals surface area contributed by atoms with Crippen LogP contribution in [0.15, 0.2) is 24.3 Å². The van der Waals surface area contributed by atoms with Crippen LogP contribution in [-0.4, -0.2) is 32.8 Å². The second-order valence-corrected chi connectivity index (χ2v) is 3.88. The normalized spacial score (nSPS) is 10.3. The van der Waals surface area contributed by atoms with E-state index < -0.39 is 0 Å². The van der Waals surface area contributed by atoms with Gasteiger partial charge in [0.1, 0.15) is 0 Å². The van der Waals surface area contributed by atoms with Gasteiger partial charge < -0.3 is 20.5 Å². The Labute approximate surface area is 107 Å². The molecular weight excluding hydrogens is 232 g/mol. The number of carbonyl (C=O) groups excluding carboxylic acids is 1. The van der Waals surface area contributed by atoms with Gasteiger partial charge in [0, 0.05) is 31.7 Å². The molecule has 1 aromatic rings. The third kappa shape index (κ3) is 6.22. The van der Waals surface area contributed by atoms with Gasteiger partial charge in [-0.15, -0.1) is 0 Å². The summed E-state index contributed by atoms with van der Waals surface area (Å²) in [5.74, 6) is -0.0634. The number of hydrogen-bond acceptors (Lipinski definition) is 4. The molecule has 0 aliphatic rings. The van der Waals surface area contributed by atoms with Crippen LogP contribution in [0, 0.1) is 0 Å². The Kier molecular flexibility index (Phi) is 6.83. The zero-order valence-electron chi connectivity index (χ0n) is 10.6. The summed E-state index contributed by atoms with van der Waals surface area (Å²) < 4.78 is 10.2. The van der Waals surface area contributed by atoms with Crippen molar-refractivity contribution in [2.75, 3.05) is 38.0 Å². The summed E-state index contributed by atoms with van der Waals surface area (Å²) in [5, 5.41) is 2.77. The first-order valence-electron chi connectivity index (χ1n) is 5.94. The van der Waals surface area contributed by atoms with Crippen molar-refractivity contribution in [3.63, 3.8) is 0 Å². The standard InChI is InChI=1S/C13H20N2O3/c1-17-8-2-9-18-10-7-13(16)15-12-5-3-11(14)4-6-12/h3-6H,2,7-10,14H2,1H3,(H,15,16).